The number of hydrogen-bond acceptors (Lipinski definition) is 10. The molecule has 0 unspecified atom stereocenters. The number of esters is 1. The molecule has 3 amide bonds. The quantitative estimate of drug-likeness (QED) is 0.231. The highest BCUT2D eigenvalue weighted by Gasteiger charge is 2.39. The van der Waals surface area contributed by atoms with Crippen molar-refractivity contribution in [2.45, 2.75) is 51.2 Å². The maximum Gasteiger partial charge on any atom is 0.317 e. The summed E-state index contributed by atoms with van der Waals surface area (Å²) in [5.74, 6) is -2.32. The fourth-order valence-electron chi connectivity index (χ4n) is 6.18. The highest BCUT2D eigenvalue weighted by atomic mass is 35.5. The van der Waals surface area contributed by atoms with E-state index in [9.17, 15) is 24.3 Å². The number of para-hydroxylation sites is 1. The van der Waals surface area contributed by atoms with Gasteiger partial charge in [0.15, 0.2) is 5.75 Å². The van der Waals surface area contributed by atoms with Crippen LogP contribution in [-0.2, 0) is 19.2 Å². The fraction of sp³-hybridized carbons (Fsp3) is 0.433. The minimum atomic E-state index is -0.842. The van der Waals surface area contributed by atoms with E-state index in [1.54, 1.807) is 48.2 Å². The molecule has 0 bridgehead atoms. The number of nitrogens with zero attached hydrogens (tertiary/aromatic N) is 8. The van der Waals surface area contributed by atoms with E-state index in [1.165, 1.54) is 20.8 Å². The molecule has 1 aliphatic carbocycles. The smallest absolute Gasteiger partial charge is 0.317 e. The first kappa shape index (κ1) is 30.6. The molecule has 1 aromatic heterocycles. The summed E-state index contributed by atoms with van der Waals surface area (Å²) in [6.45, 7) is 2.97. The normalized spacial score (nSPS) is 21.4. The van der Waals surface area contributed by atoms with Gasteiger partial charge in [-0.15, -0.1) is 5.10 Å². The molecule has 3 fully saturated rings. The van der Waals surface area contributed by atoms with Gasteiger partial charge in [0.1, 0.15) is 6.33 Å². The van der Waals surface area contributed by atoms with Gasteiger partial charge >= 0.3 is 17.8 Å². The first-order chi connectivity index (χ1) is 21.7. The molecule has 2 saturated heterocycles. The third kappa shape index (κ3) is 6.13. The number of aliphatic hydroxyl groups is 1. The number of ether oxygens (including phenoxy) is 1. The Hall–Kier alpha value is -4.40. The number of carbonyl (C=O) groups is 4. The number of rotatable bonds is 7. The van der Waals surface area contributed by atoms with Gasteiger partial charge in [-0.25, -0.2) is 0 Å². The van der Waals surface area contributed by atoms with Crippen molar-refractivity contribution < 1.29 is 29.0 Å². The zero-order valence-corrected chi connectivity index (χ0v) is 25.5. The highest BCUT2D eigenvalue weighted by Crippen LogP contribution is 2.41. The molecule has 14 nitrogen and oxygen atoms in total. The maximum atomic E-state index is 13.7. The van der Waals surface area contributed by atoms with Crippen molar-refractivity contribution in [3.8, 4) is 11.4 Å². The lowest BCUT2D eigenvalue weighted by atomic mass is 9.91. The molecule has 6 rings (SSSR count). The molecule has 3 aromatic rings. The van der Waals surface area contributed by atoms with Gasteiger partial charge in [0.25, 0.3) is 0 Å². The van der Waals surface area contributed by atoms with Crippen molar-refractivity contribution in [2.24, 2.45) is 0 Å². The molecule has 236 valence electrons. The molecule has 45 heavy (non-hydrogen) atoms. The number of benzene rings is 2. The van der Waals surface area contributed by atoms with Crippen molar-refractivity contribution >= 4 is 52.4 Å². The van der Waals surface area contributed by atoms with Crippen LogP contribution in [0.15, 0.2) is 42.7 Å². The van der Waals surface area contributed by atoms with Crippen LogP contribution in [0.5, 0.6) is 5.75 Å². The molecule has 15 heteroatoms. The second kappa shape index (κ2) is 12.9. The lowest BCUT2D eigenvalue weighted by molar-refractivity contribution is -0.137. The summed E-state index contributed by atoms with van der Waals surface area (Å²) in [6.07, 6.45) is 4.25. The summed E-state index contributed by atoms with van der Waals surface area (Å²) in [5.41, 5.74) is 1.39. The molecule has 0 spiro atoms. The van der Waals surface area contributed by atoms with Gasteiger partial charge in [0.05, 0.1) is 35.4 Å². The average molecular weight is 637 g/mol. The van der Waals surface area contributed by atoms with Crippen LogP contribution < -0.4 is 19.4 Å². The van der Waals surface area contributed by atoms with Crippen LogP contribution in [0.2, 0.25) is 5.02 Å². The zero-order chi connectivity index (χ0) is 31.7. The van der Waals surface area contributed by atoms with E-state index in [1.807, 2.05) is 0 Å². The predicted octanol–water partition coefficient (Wildman–Crippen LogP) is 1.96. The summed E-state index contributed by atoms with van der Waals surface area (Å²) >= 11 is 6.26. The topological polar surface area (TPSA) is 154 Å². The van der Waals surface area contributed by atoms with E-state index < -0.39 is 17.8 Å². The van der Waals surface area contributed by atoms with E-state index >= 15 is 0 Å². The molecule has 1 saturated carbocycles. The molecular weight excluding hydrogens is 604 g/mol. The summed E-state index contributed by atoms with van der Waals surface area (Å²) in [4.78, 5) is 59.8. The third-order valence-corrected chi connectivity index (χ3v) is 8.77. The van der Waals surface area contributed by atoms with Gasteiger partial charge in [-0.05, 0) is 66.4 Å². The van der Waals surface area contributed by atoms with Gasteiger partial charge in [-0.2, -0.15) is 4.68 Å². The lowest BCUT2D eigenvalue weighted by Gasteiger charge is -2.41. The Bertz CT molecular complexity index is 1610. The standard InChI is InChI=1S/C30H33ClN8O6/c1-2-27(42)45-28-23(36-13-12-35(17-26(36)41)20-7-9-21(40)10-8-20)4-3-5-24(28)37-14-15-38(30(44)29(37)43)25-16-19(31)6-11-22(25)39-18-32-33-34-39/h3-6,11,16,18,20-21,40H,2,7-10,12-15,17H2,1H3. The van der Waals surface area contributed by atoms with Crippen LogP contribution in [0.25, 0.3) is 5.69 Å². The van der Waals surface area contributed by atoms with E-state index in [0.717, 1.165) is 12.8 Å². The summed E-state index contributed by atoms with van der Waals surface area (Å²) in [6, 6.07) is 10.0. The highest BCUT2D eigenvalue weighted by molar-refractivity contribution is 6.46. The van der Waals surface area contributed by atoms with Crippen molar-refractivity contribution in [1.82, 2.24) is 25.1 Å². The number of tetrazole rings is 1. The Balaban J connectivity index is 1.28. The SMILES string of the molecule is CCC(=O)Oc1c(N2CCN(C3CCC(O)CC3)CC2=O)cccc1N1CCN(c2cc(Cl)ccc2-n2cnnn2)C(=O)C1=O. The van der Waals surface area contributed by atoms with Crippen LogP contribution >= 0.6 is 11.6 Å². The average Bonchev–Trinajstić information content (AvgIpc) is 3.58. The molecule has 0 atom stereocenters. The van der Waals surface area contributed by atoms with Crippen molar-refractivity contribution in [3.63, 3.8) is 0 Å². The van der Waals surface area contributed by atoms with Crippen LogP contribution in [0.1, 0.15) is 39.0 Å². The lowest BCUT2D eigenvalue weighted by Crippen LogP contribution is -2.55. The monoisotopic (exact) mass is 636 g/mol. The number of anilines is 3. The van der Waals surface area contributed by atoms with Crippen molar-refractivity contribution in [1.29, 1.82) is 0 Å². The predicted molar refractivity (Wildman–Crippen MR) is 163 cm³/mol. The Morgan fingerprint density at radius 2 is 1.58 bits per heavy atom. The zero-order valence-electron chi connectivity index (χ0n) is 24.7. The summed E-state index contributed by atoms with van der Waals surface area (Å²) in [7, 11) is 0. The Kier molecular flexibility index (Phi) is 8.79. The van der Waals surface area contributed by atoms with E-state index in [2.05, 4.69) is 20.4 Å². The number of piperazine rings is 2. The van der Waals surface area contributed by atoms with Crippen LogP contribution in [0, 0.1) is 0 Å². The molecule has 3 heterocycles. The van der Waals surface area contributed by atoms with Gasteiger partial charge in [0, 0.05) is 43.7 Å². The summed E-state index contributed by atoms with van der Waals surface area (Å²) in [5, 5.41) is 21.5. The van der Waals surface area contributed by atoms with Gasteiger partial charge < -0.3 is 19.6 Å². The summed E-state index contributed by atoms with van der Waals surface area (Å²) < 4.78 is 7.15. The molecule has 3 aliphatic rings. The van der Waals surface area contributed by atoms with Crippen LogP contribution in [-0.4, -0.2) is 98.8 Å². The van der Waals surface area contributed by atoms with E-state index in [4.69, 9.17) is 16.3 Å². The first-order valence-electron chi connectivity index (χ1n) is 15.0. The van der Waals surface area contributed by atoms with Gasteiger partial charge in [-0.1, -0.05) is 24.6 Å². The van der Waals surface area contributed by atoms with Crippen LogP contribution in [0.4, 0.5) is 17.1 Å². The fourth-order valence-corrected chi connectivity index (χ4v) is 6.35. The molecular formula is C30H33ClN8O6. The number of aliphatic hydroxyl groups excluding tert-OH is 1. The second-order valence-corrected chi connectivity index (χ2v) is 11.7. The minimum Gasteiger partial charge on any atom is -0.422 e. The third-order valence-electron chi connectivity index (χ3n) is 8.54. The minimum absolute atomic E-state index is 0.0543. The molecule has 1 N–H and O–H groups in total. The number of carbonyl (C=O) groups excluding carboxylic acids is 4. The van der Waals surface area contributed by atoms with Crippen molar-refractivity contribution in [3.05, 3.63) is 47.7 Å². The van der Waals surface area contributed by atoms with Crippen molar-refractivity contribution in [2.75, 3.05) is 47.4 Å². The maximum absolute atomic E-state index is 13.7. The number of amides is 3. The van der Waals surface area contributed by atoms with Gasteiger partial charge in [-0.3, -0.25) is 29.0 Å². The second-order valence-electron chi connectivity index (χ2n) is 11.2. The molecule has 2 aliphatic heterocycles. The van der Waals surface area contributed by atoms with Gasteiger partial charge in [0.2, 0.25) is 5.91 Å². The first-order valence-corrected chi connectivity index (χ1v) is 15.4. The molecule has 0 radical (unpaired) electrons. The Labute approximate surface area is 264 Å². The molecule has 2 aromatic carbocycles. The number of halogens is 1. The number of hydrogen-bond donors (Lipinski definition) is 1. The Morgan fingerprint density at radius 3 is 2.22 bits per heavy atom. The van der Waals surface area contributed by atoms with E-state index in [-0.39, 0.29) is 55.5 Å². The number of aromatic nitrogens is 4. The van der Waals surface area contributed by atoms with Crippen LogP contribution in [0.3, 0.4) is 0 Å². The van der Waals surface area contributed by atoms with E-state index in [0.29, 0.717) is 48.0 Å². The largest absolute Gasteiger partial charge is 0.422 e. The Morgan fingerprint density at radius 1 is 0.911 bits per heavy atom.